The first-order valence-electron chi connectivity index (χ1n) is 5.68. The predicted molar refractivity (Wildman–Crippen MR) is 55.8 cm³/mol. The Labute approximate surface area is 93.6 Å². The van der Waals surface area contributed by atoms with Gasteiger partial charge in [-0.1, -0.05) is 13.3 Å². The van der Waals surface area contributed by atoms with Crippen molar-refractivity contribution < 1.29 is 9.90 Å². The van der Waals surface area contributed by atoms with Crippen molar-refractivity contribution in [1.29, 1.82) is 0 Å². The summed E-state index contributed by atoms with van der Waals surface area (Å²) in [4.78, 5) is 10.7. The third-order valence-electron chi connectivity index (χ3n) is 2.97. The number of hydrogen-bond acceptors (Lipinski definition) is 4. The van der Waals surface area contributed by atoms with Crippen molar-refractivity contribution in [1.82, 2.24) is 20.2 Å². The van der Waals surface area contributed by atoms with Gasteiger partial charge in [-0.3, -0.25) is 4.79 Å². The summed E-state index contributed by atoms with van der Waals surface area (Å²) < 4.78 is 1.77. The molecule has 1 heterocycles. The van der Waals surface area contributed by atoms with Crippen LogP contribution in [0.5, 0.6) is 0 Å². The third-order valence-corrected chi connectivity index (χ3v) is 2.97. The van der Waals surface area contributed by atoms with E-state index in [0.29, 0.717) is 12.5 Å². The molecule has 1 N–H and O–H groups in total. The van der Waals surface area contributed by atoms with Crippen LogP contribution < -0.4 is 0 Å². The van der Waals surface area contributed by atoms with Gasteiger partial charge in [-0.25, -0.2) is 4.68 Å². The van der Waals surface area contributed by atoms with Gasteiger partial charge in [0.15, 0.2) is 5.82 Å². The minimum absolute atomic E-state index is 0.110. The predicted octanol–water partition coefficient (Wildman–Crippen LogP) is 1.05. The zero-order valence-corrected chi connectivity index (χ0v) is 9.33. The molecule has 0 aliphatic heterocycles. The zero-order chi connectivity index (χ0) is 11.5. The first kappa shape index (κ1) is 11.0. The summed E-state index contributed by atoms with van der Waals surface area (Å²) in [6.45, 7) is 2.61. The highest BCUT2D eigenvalue weighted by molar-refractivity contribution is 5.66. The molecule has 16 heavy (non-hydrogen) atoms. The number of aromatic nitrogens is 4. The standard InChI is InChI=1S/C10H16N4O2/c1-2-7(5-9(15)16)6-14-10(8-3-4-8)11-12-13-14/h7-8H,2-6H2,1H3,(H,15,16). The number of carboxylic acid groups (broad SMARTS) is 1. The molecule has 1 unspecified atom stereocenters. The fourth-order valence-electron chi connectivity index (χ4n) is 1.81. The van der Waals surface area contributed by atoms with E-state index in [1.807, 2.05) is 6.92 Å². The molecule has 1 aliphatic carbocycles. The molecule has 0 bridgehead atoms. The molecule has 1 saturated carbocycles. The molecule has 2 rings (SSSR count). The normalized spacial score (nSPS) is 17.3. The van der Waals surface area contributed by atoms with Crippen LogP contribution in [0.1, 0.15) is 44.3 Å². The summed E-state index contributed by atoms with van der Waals surface area (Å²) in [6, 6.07) is 0. The lowest BCUT2D eigenvalue weighted by Gasteiger charge is -2.12. The maximum Gasteiger partial charge on any atom is 0.303 e. The van der Waals surface area contributed by atoms with Crippen LogP contribution >= 0.6 is 0 Å². The van der Waals surface area contributed by atoms with E-state index < -0.39 is 5.97 Å². The molecule has 1 aliphatic rings. The van der Waals surface area contributed by atoms with Gasteiger partial charge in [0.25, 0.3) is 0 Å². The van der Waals surface area contributed by atoms with Crippen LogP contribution in [0.4, 0.5) is 0 Å². The smallest absolute Gasteiger partial charge is 0.303 e. The minimum Gasteiger partial charge on any atom is -0.481 e. The van der Waals surface area contributed by atoms with Crippen LogP contribution in [-0.4, -0.2) is 31.3 Å². The van der Waals surface area contributed by atoms with Gasteiger partial charge in [-0.15, -0.1) is 5.10 Å². The molecule has 1 aromatic rings. The van der Waals surface area contributed by atoms with E-state index in [1.54, 1.807) is 4.68 Å². The number of carboxylic acids is 1. The van der Waals surface area contributed by atoms with Crippen LogP contribution in [0.15, 0.2) is 0 Å². The van der Waals surface area contributed by atoms with Gasteiger partial charge >= 0.3 is 5.97 Å². The number of aliphatic carboxylic acids is 1. The molecule has 1 aromatic heterocycles. The van der Waals surface area contributed by atoms with Gasteiger partial charge in [-0.05, 0) is 29.2 Å². The van der Waals surface area contributed by atoms with Crippen LogP contribution in [0, 0.1) is 5.92 Å². The molecule has 88 valence electrons. The molecule has 0 radical (unpaired) electrons. The van der Waals surface area contributed by atoms with E-state index in [1.165, 1.54) is 0 Å². The van der Waals surface area contributed by atoms with Crippen LogP contribution in [0.25, 0.3) is 0 Å². The maximum absolute atomic E-state index is 10.7. The Morgan fingerprint density at radius 1 is 1.62 bits per heavy atom. The maximum atomic E-state index is 10.7. The first-order valence-corrected chi connectivity index (χ1v) is 5.68. The van der Waals surface area contributed by atoms with Gasteiger partial charge in [-0.2, -0.15) is 0 Å². The summed E-state index contributed by atoms with van der Waals surface area (Å²) in [7, 11) is 0. The van der Waals surface area contributed by atoms with Crippen LogP contribution in [-0.2, 0) is 11.3 Å². The van der Waals surface area contributed by atoms with Gasteiger partial charge in [0.1, 0.15) is 0 Å². The first-order chi connectivity index (χ1) is 7.70. The third kappa shape index (κ3) is 2.56. The SMILES string of the molecule is CCC(CC(=O)O)Cn1nnnc1C1CC1. The molecule has 6 heteroatoms. The Morgan fingerprint density at radius 3 is 2.94 bits per heavy atom. The molecule has 6 nitrogen and oxygen atoms in total. The molecule has 0 spiro atoms. The Hall–Kier alpha value is -1.46. The number of rotatable bonds is 6. The van der Waals surface area contributed by atoms with E-state index in [0.717, 1.165) is 25.1 Å². The fraction of sp³-hybridized carbons (Fsp3) is 0.800. The summed E-state index contributed by atoms with van der Waals surface area (Å²) >= 11 is 0. The average Bonchev–Trinajstić information content (AvgIpc) is 2.98. The van der Waals surface area contributed by atoms with Gasteiger partial charge in [0.05, 0.1) is 0 Å². The molecule has 0 amide bonds. The lowest BCUT2D eigenvalue weighted by Crippen LogP contribution is -2.17. The number of tetrazole rings is 1. The second-order valence-electron chi connectivity index (χ2n) is 4.37. The van der Waals surface area contributed by atoms with E-state index >= 15 is 0 Å². The molecule has 1 fully saturated rings. The Morgan fingerprint density at radius 2 is 2.38 bits per heavy atom. The summed E-state index contributed by atoms with van der Waals surface area (Å²) in [5.41, 5.74) is 0. The monoisotopic (exact) mass is 224 g/mol. The van der Waals surface area contributed by atoms with E-state index in [9.17, 15) is 4.79 Å². The second kappa shape index (κ2) is 4.59. The fourth-order valence-corrected chi connectivity index (χ4v) is 1.81. The summed E-state index contributed by atoms with van der Waals surface area (Å²) in [6.07, 6.45) is 3.31. The summed E-state index contributed by atoms with van der Waals surface area (Å²) in [5.74, 6) is 0.771. The van der Waals surface area contributed by atoms with Crippen molar-refractivity contribution >= 4 is 5.97 Å². The number of carbonyl (C=O) groups is 1. The second-order valence-corrected chi connectivity index (χ2v) is 4.37. The Bertz CT molecular complexity index is 373. The number of nitrogens with zero attached hydrogens (tertiary/aromatic N) is 4. The van der Waals surface area contributed by atoms with Crippen molar-refractivity contribution in [3.63, 3.8) is 0 Å². The topological polar surface area (TPSA) is 80.9 Å². The molecular formula is C10H16N4O2. The van der Waals surface area contributed by atoms with Gasteiger partial charge in [0, 0.05) is 18.9 Å². The van der Waals surface area contributed by atoms with Crippen molar-refractivity contribution in [3.05, 3.63) is 5.82 Å². The minimum atomic E-state index is -0.757. The zero-order valence-electron chi connectivity index (χ0n) is 9.33. The summed E-state index contributed by atoms with van der Waals surface area (Å²) in [5, 5.41) is 20.4. The highest BCUT2D eigenvalue weighted by atomic mass is 16.4. The molecular weight excluding hydrogens is 208 g/mol. The largest absolute Gasteiger partial charge is 0.481 e. The van der Waals surface area contributed by atoms with Gasteiger partial charge < -0.3 is 5.11 Å². The van der Waals surface area contributed by atoms with Crippen molar-refractivity contribution in [2.45, 2.75) is 45.1 Å². The van der Waals surface area contributed by atoms with Crippen LogP contribution in [0.3, 0.4) is 0 Å². The Balaban J connectivity index is 2.00. The lowest BCUT2D eigenvalue weighted by atomic mass is 10.0. The van der Waals surface area contributed by atoms with Gasteiger partial charge in [0.2, 0.25) is 0 Å². The highest BCUT2D eigenvalue weighted by Crippen LogP contribution is 2.38. The van der Waals surface area contributed by atoms with Crippen LogP contribution in [0.2, 0.25) is 0 Å². The van der Waals surface area contributed by atoms with Crippen molar-refractivity contribution in [2.75, 3.05) is 0 Å². The molecule has 0 aromatic carbocycles. The van der Waals surface area contributed by atoms with E-state index in [-0.39, 0.29) is 12.3 Å². The molecule has 0 saturated heterocycles. The lowest BCUT2D eigenvalue weighted by molar-refractivity contribution is -0.138. The van der Waals surface area contributed by atoms with Crippen molar-refractivity contribution in [2.24, 2.45) is 5.92 Å². The van der Waals surface area contributed by atoms with Crippen molar-refractivity contribution in [3.8, 4) is 0 Å². The van der Waals surface area contributed by atoms with E-state index in [4.69, 9.17) is 5.11 Å². The Kier molecular flexibility index (Phi) is 3.17. The van der Waals surface area contributed by atoms with E-state index in [2.05, 4.69) is 15.5 Å². The average molecular weight is 224 g/mol. The highest BCUT2D eigenvalue weighted by Gasteiger charge is 2.30. The number of hydrogen-bond donors (Lipinski definition) is 1. The quantitative estimate of drug-likeness (QED) is 0.781. The molecule has 1 atom stereocenters.